The Hall–Kier alpha value is -0.300. The number of allylic oxidation sites excluding steroid dienone is 2. The van der Waals surface area contributed by atoms with Gasteiger partial charge in [-0.1, -0.05) is 76.9 Å². The van der Waals surface area contributed by atoms with Crippen molar-refractivity contribution in [1.29, 1.82) is 0 Å². The van der Waals surface area contributed by atoms with Crippen molar-refractivity contribution < 1.29 is 0 Å². The molecule has 0 radical (unpaired) electrons. The molecule has 0 aromatic heterocycles. The van der Waals surface area contributed by atoms with Gasteiger partial charge in [0.25, 0.3) is 0 Å². The molecule has 4 unspecified atom stereocenters. The van der Waals surface area contributed by atoms with Gasteiger partial charge >= 0.3 is 0 Å². The molecule has 0 bridgehead atoms. The van der Waals surface area contributed by atoms with E-state index >= 15 is 0 Å². The zero-order valence-corrected chi connectivity index (χ0v) is 18.7. The lowest BCUT2D eigenvalue weighted by Gasteiger charge is -2.51. The molecule has 0 spiro atoms. The summed E-state index contributed by atoms with van der Waals surface area (Å²) in [6.45, 7) is 9.45. The van der Waals surface area contributed by atoms with Crippen LogP contribution in [0.1, 0.15) is 118 Å². The van der Waals surface area contributed by atoms with E-state index in [9.17, 15) is 0 Å². The van der Waals surface area contributed by atoms with Gasteiger partial charge in [-0.3, -0.25) is 0 Å². The zero-order valence-electron chi connectivity index (χ0n) is 18.7. The zero-order chi connectivity index (χ0) is 18.9. The van der Waals surface area contributed by atoms with Gasteiger partial charge in [0.2, 0.25) is 0 Å². The number of hydrogen-bond donors (Lipinski definition) is 0. The van der Waals surface area contributed by atoms with Gasteiger partial charge in [-0.15, -0.1) is 0 Å². The molecular formula is C25H47N. The van der Waals surface area contributed by atoms with Gasteiger partial charge in [0.1, 0.15) is 0 Å². The van der Waals surface area contributed by atoms with Crippen molar-refractivity contribution in [2.24, 2.45) is 11.8 Å². The lowest BCUT2D eigenvalue weighted by Crippen LogP contribution is -2.53. The quantitative estimate of drug-likeness (QED) is 0.213. The third-order valence-corrected chi connectivity index (χ3v) is 7.41. The summed E-state index contributed by atoms with van der Waals surface area (Å²) in [6, 6.07) is 1.63. The van der Waals surface area contributed by atoms with Crippen molar-refractivity contribution in [2.45, 2.75) is 130 Å². The van der Waals surface area contributed by atoms with Gasteiger partial charge in [0.15, 0.2) is 0 Å². The molecule has 4 atom stereocenters. The van der Waals surface area contributed by atoms with Gasteiger partial charge in [-0.05, 0) is 70.8 Å². The van der Waals surface area contributed by atoms with Crippen molar-refractivity contribution in [2.75, 3.05) is 7.05 Å². The largest absolute Gasteiger partial charge is 0.300 e. The molecule has 1 fully saturated rings. The van der Waals surface area contributed by atoms with Crippen LogP contribution in [-0.4, -0.2) is 24.0 Å². The van der Waals surface area contributed by atoms with Crippen molar-refractivity contribution in [3.05, 3.63) is 11.1 Å². The number of unbranched alkanes of at least 4 members (excludes halogenated alkanes) is 4. The van der Waals surface area contributed by atoms with E-state index in [4.69, 9.17) is 0 Å². The maximum atomic E-state index is 2.75. The smallest absolute Gasteiger partial charge is 0.0129 e. The minimum Gasteiger partial charge on any atom is -0.300 e. The predicted molar refractivity (Wildman–Crippen MR) is 117 cm³/mol. The molecule has 26 heavy (non-hydrogen) atoms. The lowest BCUT2D eigenvalue weighted by molar-refractivity contribution is -0.0116. The van der Waals surface area contributed by atoms with E-state index in [1.54, 1.807) is 0 Å². The molecule has 2 rings (SSSR count). The summed E-state index contributed by atoms with van der Waals surface area (Å²) in [6.07, 6.45) is 19.7. The Morgan fingerprint density at radius 2 is 1.62 bits per heavy atom. The molecule has 1 heteroatoms. The lowest BCUT2D eigenvalue weighted by atomic mass is 9.64. The number of nitrogens with zero attached hydrogens (tertiary/aromatic N) is 1. The van der Waals surface area contributed by atoms with Gasteiger partial charge < -0.3 is 4.90 Å². The second kappa shape index (κ2) is 11.5. The molecule has 0 saturated heterocycles. The van der Waals surface area contributed by atoms with Crippen LogP contribution in [0.3, 0.4) is 0 Å². The minimum absolute atomic E-state index is 0.763. The summed E-state index contributed by atoms with van der Waals surface area (Å²) in [5.74, 6) is 1.98. The molecule has 0 heterocycles. The van der Waals surface area contributed by atoms with Crippen molar-refractivity contribution in [1.82, 2.24) is 4.90 Å². The Labute approximate surface area is 165 Å². The predicted octanol–water partition coefficient (Wildman–Crippen LogP) is 7.75. The van der Waals surface area contributed by atoms with E-state index in [2.05, 4.69) is 39.6 Å². The highest BCUT2D eigenvalue weighted by Crippen LogP contribution is 2.47. The number of rotatable bonds is 15. The third-order valence-electron chi connectivity index (χ3n) is 7.41. The van der Waals surface area contributed by atoms with Crippen molar-refractivity contribution in [3.63, 3.8) is 0 Å². The van der Waals surface area contributed by atoms with Crippen LogP contribution >= 0.6 is 0 Å². The first-order valence-electron chi connectivity index (χ1n) is 12.0. The Morgan fingerprint density at radius 1 is 0.885 bits per heavy atom. The van der Waals surface area contributed by atoms with E-state index in [1.165, 1.54) is 89.9 Å². The summed E-state index contributed by atoms with van der Waals surface area (Å²) < 4.78 is 0. The van der Waals surface area contributed by atoms with Crippen molar-refractivity contribution in [3.8, 4) is 0 Å². The van der Waals surface area contributed by atoms with E-state index < -0.39 is 0 Å². The minimum atomic E-state index is 0.763. The maximum Gasteiger partial charge on any atom is 0.0129 e. The molecule has 2 aliphatic carbocycles. The summed E-state index contributed by atoms with van der Waals surface area (Å²) in [5, 5.41) is 0. The van der Waals surface area contributed by atoms with Gasteiger partial charge in [-0.2, -0.15) is 0 Å². The van der Waals surface area contributed by atoms with Crippen LogP contribution in [-0.2, 0) is 0 Å². The average Bonchev–Trinajstić information content (AvgIpc) is 3.37. The van der Waals surface area contributed by atoms with Gasteiger partial charge in [0.05, 0.1) is 0 Å². The molecule has 0 aromatic carbocycles. The molecule has 0 aliphatic heterocycles. The van der Waals surface area contributed by atoms with Crippen LogP contribution in [0.5, 0.6) is 0 Å². The van der Waals surface area contributed by atoms with Crippen molar-refractivity contribution >= 4 is 0 Å². The molecule has 152 valence electrons. The van der Waals surface area contributed by atoms with E-state index in [0.717, 1.165) is 23.9 Å². The van der Waals surface area contributed by atoms with Gasteiger partial charge in [-0.25, -0.2) is 0 Å². The maximum absolute atomic E-state index is 2.75. The first-order chi connectivity index (χ1) is 12.6. The number of hydrogen-bond acceptors (Lipinski definition) is 1. The fraction of sp³-hybridized carbons (Fsp3) is 0.920. The fourth-order valence-electron chi connectivity index (χ4n) is 5.26. The van der Waals surface area contributed by atoms with Crippen LogP contribution in [0.15, 0.2) is 11.1 Å². The Balaban J connectivity index is 1.77. The summed E-state index contributed by atoms with van der Waals surface area (Å²) in [7, 11) is 2.41. The van der Waals surface area contributed by atoms with Crippen LogP contribution < -0.4 is 0 Å². The fourth-order valence-corrected chi connectivity index (χ4v) is 5.26. The normalized spacial score (nSPS) is 26.3. The molecule has 0 amide bonds. The van der Waals surface area contributed by atoms with E-state index in [-0.39, 0.29) is 0 Å². The Bertz CT molecular complexity index is 424. The Morgan fingerprint density at radius 3 is 2.31 bits per heavy atom. The second-order valence-electron chi connectivity index (χ2n) is 9.41. The highest BCUT2D eigenvalue weighted by atomic mass is 15.2. The van der Waals surface area contributed by atoms with Crippen LogP contribution in [0.25, 0.3) is 0 Å². The van der Waals surface area contributed by atoms with Gasteiger partial charge in [0, 0.05) is 12.1 Å². The summed E-state index contributed by atoms with van der Waals surface area (Å²) in [4.78, 5) is 2.75. The average molecular weight is 362 g/mol. The molecular weight excluding hydrogens is 314 g/mol. The topological polar surface area (TPSA) is 3.24 Å². The molecule has 2 aliphatic rings. The first-order valence-corrected chi connectivity index (χ1v) is 12.0. The van der Waals surface area contributed by atoms with Crippen LogP contribution in [0.4, 0.5) is 0 Å². The SMILES string of the molecule is CCCCCCC1=C(CCC2C(CCC)CC2N(C)C(C)CCCC)C1. The highest BCUT2D eigenvalue weighted by molar-refractivity contribution is 5.34. The first kappa shape index (κ1) is 22.0. The third kappa shape index (κ3) is 6.39. The summed E-state index contributed by atoms with van der Waals surface area (Å²) in [5.41, 5.74) is 3.69. The molecule has 0 aromatic rings. The highest BCUT2D eigenvalue weighted by Gasteiger charge is 2.43. The van der Waals surface area contributed by atoms with E-state index in [0.29, 0.717) is 0 Å². The van der Waals surface area contributed by atoms with Crippen LogP contribution in [0.2, 0.25) is 0 Å². The molecule has 1 nitrogen and oxygen atoms in total. The monoisotopic (exact) mass is 361 g/mol. The second-order valence-corrected chi connectivity index (χ2v) is 9.41. The van der Waals surface area contributed by atoms with Crippen LogP contribution in [0, 0.1) is 11.8 Å². The standard InChI is InChI=1S/C25H47N/c1-6-9-11-12-15-21-18-22(21)16-17-24-23(13-8-3)19-25(24)26(5)20(4)14-10-7-2/h20,23-25H,6-19H2,1-5H3. The Kier molecular flexibility index (Phi) is 9.75. The molecule has 0 N–H and O–H groups in total. The molecule has 1 saturated carbocycles. The summed E-state index contributed by atoms with van der Waals surface area (Å²) >= 11 is 0. The van der Waals surface area contributed by atoms with E-state index in [1.807, 2.05) is 11.1 Å².